The van der Waals surface area contributed by atoms with Crippen LogP contribution >= 0.6 is 0 Å². The molecule has 0 spiro atoms. The zero-order valence-electron chi connectivity index (χ0n) is 9.69. The molecule has 0 bridgehead atoms. The fourth-order valence-corrected chi connectivity index (χ4v) is 1.01. The molecule has 3 N–H and O–H groups in total. The average molecular weight is 229 g/mol. The third-order valence-electron chi connectivity index (χ3n) is 2.09. The number of carbonyl (C=O) groups excluding carboxylic acids is 2. The van der Waals surface area contributed by atoms with Gasteiger partial charge in [0.2, 0.25) is 5.91 Å². The molecule has 5 heteroatoms. The van der Waals surface area contributed by atoms with Crippen molar-refractivity contribution < 1.29 is 19.8 Å². The Morgan fingerprint density at radius 2 is 2.00 bits per heavy atom. The zero-order valence-corrected chi connectivity index (χ0v) is 9.69. The van der Waals surface area contributed by atoms with Gasteiger partial charge in [-0.3, -0.25) is 9.59 Å². The molecule has 16 heavy (non-hydrogen) atoms. The van der Waals surface area contributed by atoms with Gasteiger partial charge in [0, 0.05) is 13.0 Å². The van der Waals surface area contributed by atoms with Crippen LogP contribution in [-0.2, 0) is 9.59 Å². The maximum atomic E-state index is 11.4. The molecule has 0 radical (unpaired) electrons. The van der Waals surface area contributed by atoms with Gasteiger partial charge in [0.15, 0.2) is 0 Å². The first-order valence-electron chi connectivity index (χ1n) is 5.12. The molecule has 0 aromatic rings. The van der Waals surface area contributed by atoms with Crippen LogP contribution in [0.3, 0.4) is 0 Å². The highest BCUT2D eigenvalue weighted by Crippen LogP contribution is 2.04. The Labute approximate surface area is 95.2 Å². The highest BCUT2D eigenvalue weighted by atomic mass is 16.3. The molecule has 0 aliphatic carbocycles. The van der Waals surface area contributed by atoms with Crippen molar-refractivity contribution in [3.05, 3.63) is 12.2 Å². The quantitative estimate of drug-likeness (QED) is 0.410. The number of aliphatic hydroxyl groups excluding tert-OH is 2. The largest absolute Gasteiger partial charge is 0.394 e. The van der Waals surface area contributed by atoms with Crippen LogP contribution in [0.2, 0.25) is 0 Å². The summed E-state index contributed by atoms with van der Waals surface area (Å²) in [5, 5.41) is 20.2. The van der Waals surface area contributed by atoms with Crippen molar-refractivity contribution in [1.82, 2.24) is 5.32 Å². The van der Waals surface area contributed by atoms with E-state index in [1.165, 1.54) is 6.92 Å². The number of hydrogen-bond donors (Lipinski definition) is 3. The normalized spacial score (nSPS) is 14.0. The van der Waals surface area contributed by atoms with Crippen molar-refractivity contribution in [2.24, 2.45) is 5.92 Å². The first kappa shape index (κ1) is 14.8. The molecule has 5 nitrogen and oxygen atoms in total. The number of amides is 1. The molecular weight excluding hydrogens is 210 g/mol. The summed E-state index contributed by atoms with van der Waals surface area (Å²) in [6.07, 6.45) is -1.30. The molecule has 0 saturated heterocycles. The van der Waals surface area contributed by atoms with E-state index in [-0.39, 0.29) is 12.2 Å². The molecule has 0 aromatic heterocycles. The van der Waals surface area contributed by atoms with E-state index in [0.717, 1.165) is 5.57 Å². The summed E-state index contributed by atoms with van der Waals surface area (Å²) in [6, 6.07) is 0. The van der Waals surface area contributed by atoms with Gasteiger partial charge in [-0.2, -0.15) is 0 Å². The van der Waals surface area contributed by atoms with Gasteiger partial charge < -0.3 is 15.5 Å². The molecule has 0 fully saturated rings. The lowest BCUT2D eigenvalue weighted by molar-refractivity contribution is -0.134. The van der Waals surface area contributed by atoms with E-state index < -0.39 is 24.5 Å². The van der Waals surface area contributed by atoms with Crippen LogP contribution in [-0.4, -0.2) is 41.2 Å². The van der Waals surface area contributed by atoms with E-state index in [1.54, 1.807) is 6.92 Å². The van der Waals surface area contributed by atoms with Gasteiger partial charge in [0.1, 0.15) is 5.78 Å². The van der Waals surface area contributed by atoms with Crippen molar-refractivity contribution in [3.8, 4) is 0 Å². The Bertz CT molecular complexity index is 275. The smallest absolute Gasteiger partial charge is 0.230 e. The molecule has 0 aliphatic heterocycles. The van der Waals surface area contributed by atoms with Crippen molar-refractivity contribution in [2.75, 3.05) is 13.2 Å². The minimum atomic E-state index is -1.09. The van der Waals surface area contributed by atoms with Gasteiger partial charge in [-0.25, -0.2) is 0 Å². The molecule has 2 atom stereocenters. The first-order chi connectivity index (χ1) is 7.38. The predicted molar refractivity (Wildman–Crippen MR) is 59.7 cm³/mol. The van der Waals surface area contributed by atoms with Gasteiger partial charge in [0.25, 0.3) is 0 Å². The summed E-state index contributed by atoms with van der Waals surface area (Å²) in [7, 11) is 0. The number of Topliss-reactive ketones (excluding diaryl/α,β-unsaturated/α-hetero) is 1. The van der Waals surface area contributed by atoms with E-state index in [9.17, 15) is 9.59 Å². The summed E-state index contributed by atoms with van der Waals surface area (Å²) >= 11 is 0. The molecule has 0 rings (SSSR count). The molecule has 0 heterocycles. The van der Waals surface area contributed by atoms with Crippen molar-refractivity contribution in [2.45, 2.75) is 26.4 Å². The second kappa shape index (κ2) is 7.14. The number of aliphatic hydroxyl groups is 2. The van der Waals surface area contributed by atoms with E-state index >= 15 is 0 Å². The fraction of sp³-hybridized carbons (Fsp3) is 0.636. The van der Waals surface area contributed by atoms with Crippen LogP contribution < -0.4 is 5.32 Å². The Kier molecular flexibility index (Phi) is 6.60. The van der Waals surface area contributed by atoms with Gasteiger partial charge in [-0.05, 0) is 13.8 Å². The number of hydrogen-bond acceptors (Lipinski definition) is 4. The SMILES string of the molecule is C=C(C)CNC(=O)[C@@H](C)C(=O)C[C@H](O)CO. The molecule has 0 unspecified atom stereocenters. The minimum Gasteiger partial charge on any atom is -0.394 e. The molecule has 92 valence electrons. The van der Waals surface area contributed by atoms with Crippen LogP contribution in [0, 0.1) is 5.92 Å². The second-order valence-corrected chi connectivity index (χ2v) is 3.90. The molecule has 0 aliphatic rings. The Morgan fingerprint density at radius 1 is 1.44 bits per heavy atom. The molecule has 0 saturated carbocycles. The lowest BCUT2D eigenvalue weighted by atomic mass is 10.0. The summed E-state index contributed by atoms with van der Waals surface area (Å²) < 4.78 is 0. The zero-order chi connectivity index (χ0) is 12.7. The maximum absolute atomic E-state index is 11.4. The maximum Gasteiger partial charge on any atom is 0.230 e. The fourth-order valence-electron chi connectivity index (χ4n) is 1.01. The van der Waals surface area contributed by atoms with Gasteiger partial charge in [0.05, 0.1) is 18.6 Å². The third kappa shape index (κ3) is 5.63. The highest BCUT2D eigenvalue weighted by Gasteiger charge is 2.22. The van der Waals surface area contributed by atoms with Gasteiger partial charge in [-0.15, -0.1) is 0 Å². The van der Waals surface area contributed by atoms with Crippen LogP contribution in [0.15, 0.2) is 12.2 Å². The molecule has 0 aromatic carbocycles. The van der Waals surface area contributed by atoms with Gasteiger partial charge in [-0.1, -0.05) is 12.2 Å². The third-order valence-corrected chi connectivity index (χ3v) is 2.09. The monoisotopic (exact) mass is 229 g/mol. The molecule has 1 amide bonds. The van der Waals surface area contributed by atoms with Crippen LogP contribution in [0.1, 0.15) is 20.3 Å². The highest BCUT2D eigenvalue weighted by molar-refractivity contribution is 6.01. The number of nitrogens with one attached hydrogen (secondary N) is 1. The standard InChI is InChI=1S/C11H19NO4/c1-7(2)5-12-11(16)8(3)10(15)4-9(14)6-13/h8-9,13-14H,1,4-6H2,2-3H3,(H,12,16)/t8-,9-/m0/s1. The first-order valence-corrected chi connectivity index (χ1v) is 5.12. The minimum absolute atomic E-state index is 0.210. The van der Waals surface area contributed by atoms with E-state index in [4.69, 9.17) is 10.2 Å². The molecular formula is C11H19NO4. The summed E-state index contributed by atoms with van der Waals surface area (Å²) in [5.74, 6) is -1.60. The van der Waals surface area contributed by atoms with Crippen LogP contribution in [0.25, 0.3) is 0 Å². The van der Waals surface area contributed by atoms with E-state index in [0.29, 0.717) is 6.54 Å². The van der Waals surface area contributed by atoms with Crippen LogP contribution in [0.5, 0.6) is 0 Å². The van der Waals surface area contributed by atoms with Crippen molar-refractivity contribution >= 4 is 11.7 Å². The van der Waals surface area contributed by atoms with E-state index in [1.807, 2.05) is 0 Å². The summed E-state index contributed by atoms with van der Waals surface area (Å²) in [4.78, 5) is 22.9. The van der Waals surface area contributed by atoms with Crippen molar-refractivity contribution in [3.63, 3.8) is 0 Å². The lowest BCUT2D eigenvalue weighted by Crippen LogP contribution is -2.36. The van der Waals surface area contributed by atoms with Gasteiger partial charge >= 0.3 is 0 Å². The Balaban J connectivity index is 4.11. The second-order valence-electron chi connectivity index (χ2n) is 3.90. The van der Waals surface area contributed by atoms with Crippen molar-refractivity contribution in [1.29, 1.82) is 0 Å². The predicted octanol–water partition coefficient (Wildman–Crippen LogP) is -0.373. The summed E-state index contributed by atoms with van der Waals surface area (Å²) in [5.41, 5.74) is 0.795. The number of carbonyl (C=O) groups is 2. The Hall–Kier alpha value is -1.20. The lowest BCUT2D eigenvalue weighted by Gasteiger charge is -2.12. The number of ketones is 1. The van der Waals surface area contributed by atoms with Crippen LogP contribution in [0.4, 0.5) is 0 Å². The van der Waals surface area contributed by atoms with E-state index in [2.05, 4.69) is 11.9 Å². The summed E-state index contributed by atoms with van der Waals surface area (Å²) in [6.45, 7) is 6.71. The average Bonchev–Trinajstić information content (AvgIpc) is 2.24. The number of rotatable bonds is 7. The topological polar surface area (TPSA) is 86.6 Å². The Morgan fingerprint density at radius 3 is 2.44 bits per heavy atom.